The van der Waals surface area contributed by atoms with Gasteiger partial charge in [0.2, 0.25) is 5.91 Å². The molecule has 20 heavy (non-hydrogen) atoms. The van der Waals surface area contributed by atoms with E-state index in [0.717, 1.165) is 23.3 Å². The van der Waals surface area contributed by atoms with E-state index >= 15 is 0 Å². The number of benzene rings is 1. The van der Waals surface area contributed by atoms with Gasteiger partial charge in [-0.3, -0.25) is 4.79 Å². The van der Waals surface area contributed by atoms with Crippen molar-refractivity contribution in [2.75, 3.05) is 5.32 Å². The van der Waals surface area contributed by atoms with Crippen LogP contribution < -0.4 is 5.32 Å². The first-order chi connectivity index (χ1) is 9.56. The lowest BCUT2D eigenvalue weighted by Crippen LogP contribution is -2.29. The number of hydrogen-bond acceptors (Lipinski definition) is 3. The summed E-state index contributed by atoms with van der Waals surface area (Å²) in [4.78, 5) is 23.5. The zero-order valence-electron chi connectivity index (χ0n) is 10.8. The summed E-state index contributed by atoms with van der Waals surface area (Å²) >= 11 is 1.10. The number of fused-ring (bicyclic) bond motifs is 1. The number of aromatic carboxylic acids is 1. The number of anilines is 1. The number of carboxylic acid groups (broad SMARTS) is 1. The second-order valence-corrected chi connectivity index (χ2v) is 5.92. The Balaban J connectivity index is 1.75. The Labute approximate surface area is 120 Å². The van der Waals surface area contributed by atoms with Gasteiger partial charge in [-0.2, -0.15) is 0 Å². The lowest BCUT2D eigenvalue weighted by atomic mass is 9.77. The zero-order chi connectivity index (χ0) is 14.3. The molecule has 0 saturated heterocycles. The summed E-state index contributed by atoms with van der Waals surface area (Å²) in [5.74, 6) is -1.15. The molecule has 0 bridgehead atoms. The first-order valence-corrected chi connectivity index (χ1v) is 7.10. The Kier molecular flexibility index (Phi) is 3.06. The smallest absolute Gasteiger partial charge is 0.346 e. The number of amides is 1. The van der Waals surface area contributed by atoms with Crippen molar-refractivity contribution in [3.63, 3.8) is 0 Å². The van der Waals surface area contributed by atoms with Gasteiger partial charge in [-0.1, -0.05) is 24.3 Å². The van der Waals surface area contributed by atoms with Crippen molar-refractivity contribution >= 4 is 28.2 Å². The van der Waals surface area contributed by atoms with Crippen molar-refractivity contribution in [2.24, 2.45) is 0 Å². The molecule has 0 fully saturated rings. The first kappa shape index (κ1) is 12.9. The van der Waals surface area contributed by atoms with Gasteiger partial charge in [-0.25, -0.2) is 4.79 Å². The molecule has 5 heteroatoms. The molecule has 102 valence electrons. The van der Waals surface area contributed by atoms with E-state index in [-0.39, 0.29) is 16.7 Å². The van der Waals surface area contributed by atoms with Crippen LogP contribution in [0.4, 0.5) is 5.00 Å². The van der Waals surface area contributed by atoms with Crippen LogP contribution in [-0.4, -0.2) is 17.0 Å². The Hall–Kier alpha value is -2.14. The lowest BCUT2D eigenvalue weighted by molar-refractivity contribution is -0.118. The molecule has 1 aliphatic carbocycles. The molecule has 0 spiro atoms. The van der Waals surface area contributed by atoms with E-state index in [1.165, 1.54) is 5.56 Å². The number of hydrogen-bond donors (Lipinski definition) is 2. The highest BCUT2D eigenvalue weighted by Crippen LogP contribution is 2.36. The highest BCUT2D eigenvalue weighted by Gasteiger charge is 2.32. The number of rotatable bonds is 3. The molecular formula is C15H13NO3S. The summed E-state index contributed by atoms with van der Waals surface area (Å²) in [6, 6.07) is 9.59. The minimum atomic E-state index is -0.956. The van der Waals surface area contributed by atoms with Gasteiger partial charge in [0, 0.05) is 0 Å². The van der Waals surface area contributed by atoms with Crippen molar-refractivity contribution in [1.29, 1.82) is 0 Å². The van der Waals surface area contributed by atoms with E-state index in [1.54, 1.807) is 13.0 Å². The Morgan fingerprint density at radius 2 is 2.10 bits per heavy atom. The number of carbonyl (C=O) groups is 2. The number of carbonyl (C=O) groups excluding carboxylic acids is 1. The maximum Gasteiger partial charge on any atom is 0.346 e. The average Bonchev–Trinajstić information content (AvgIpc) is 2.72. The second-order valence-electron chi connectivity index (χ2n) is 4.87. The molecule has 0 radical (unpaired) electrons. The molecule has 2 N–H and O–H groups in total. The SMILES string of the molecule is Cc1cc(NC(=O)C2Cc3ccccc32)sc1C(=O)O. The standard InChI is InChI=1S/C15H13NO3S/c1-8-6-12(20-13(8)15(18)19)16-14(17)11-7-9-4-2-3-5-10(9)11/h2-6,11H,7H2,1H3,(H,16,17)(H,18,19). The van der Waals surface area contributed by atoms with Gasteiger partial charge in [-0.15, -0.1) is 11.3 Å². The van der Waals surface area contributed by atoms with Crippen LogP contribution in [0, 0.1) is 6.92 Å². The van der Waals surface area contributed by atoms with E-state index < -0.39 is 5.97 Å². The van der Waals surface area contributed by atoms with Crippen LogP contribution in [0.1, 0.15) is 32.3 Å². The minimum Gasteiger partial charge on any atom is -0.477 e. The summed E-state index contributed by atoms with van der Waals surface area (Å²) in [6.07, 6.45) is 0.748. The summed E-state index contributed by atoms with van der Waals surface area (Å²) in [5, 5.41) is 12.4. The number of aryl methyl sites for hydroxylation is 1. The van der Waals surface area contributed by atoms with Crippen molar-refractivity contribution in [3.05, 3.63) is 51.9 Å². The van der Waals surface area contributed by atoms with Gasteiger partial charge in [0.05, 0.1) is 10.9 Å². The highest BCUT2D eigenvalue weighted by atomic mass is 32.1. The summed E-state index contributed by atoms with van der Waals surface area (Å²) in [6.45, 7) is 1.73. The van der Waals surface area contributed by atoms with Crippen molar-refractivity contribution in [2.45, 2.75) is 19.3 Å². The van der Waals surface area contributed by atoms with E-state index in [1.807, 2.05) is 24.3 Å². The molecule has 1 heterocycles. The van der Waals surface area contributed by atoms with E-state index in [0.29, 0.717) is 10.6 Å². The Morgan fingerprint density at radius 3 is 2.75 bits per heavy atom. The van der Waals surface area contributed by atoms with Crippen LogP contribution >= 0.6 is 11.3 Å². The number of carboxylic acids is 1. The predicted octanol–water partition coefficient (Wildman–Crippen LogP) is 3.03. The van der Waals surface area contributed by atoms with Crippen LogP contribution in [0.5, 0.6) is 0 Å². The Bertz CT molecular complexity index is 705. The lowest BCUT2D eigenvalue weighted by Gasteiger charge is -2.28. The first-order valence-electron chi connectivity index (χ1n) is 6.28. The highest BCUT2D eigenvalue weighted by molar-refractivity contribution is 7.18. The van der Waals surface area contributed by atoms with Gasteiger partial charge >= 0.3 is 5.97 Å². The van der Waals surface area contributed by atoms with Crippen LogP contribution in [-0.2, 0) is 11.2 Å². The maximum absolute atomic E-state index is 12.2. The normalized spacial score (nSPS) is 16.1. The summed E-state index contributed by atoms with van der Waals surface area (Å²) in [7, 11) is 0. The molecule has 0 aliphatic heterocycles. The molecule has 1 aliphatic rings. The summed E-state index contributed by atoms with van der Waals surface area (Å²) in [5.41, 5.74) is 2.95. The quantitative estimate of drug-likeness (QED) is 0.912. The van der Waals surface area contributed by atoms with E-state index in [9.17, 15) is 9.59 Å². The molecule has 1 aromatic carbocycles. The van der Waals surface area contributed by atoms with Crippen molar-refractivity contribution < 1.29 is 14.7 Å². The van der Waals surface area contributed by atoms with E-state index in [2.05, 4.69) is 5.32 Å². The van der Waals surface area contributed by atoms with Gasteiger partial charge in [0.15, 0.2) is 0 Å². The van der Waals surface area contributed by atoms with Crippen LogP contribution in [0.25, 0.3) is 0 Å². The molecule has 2 aromatic rings. The topological polar surface area (TPSA) is 66.4 Å². The Morgan fingerprint density at radius 1 is 1.35 bits per heavy atom. The minimum absolute atomic E-state index is 0.0677. The predicted molar refractivity (Wildman–Crippen MR) is 77.5 cm³/mol. The van der Waals surface area contributed by atoms with Gasteiger partial charge in [-0.05, 0) is 36.1 Å². The van der Waals surface area contributed by atoms with Crippen molar-refractivity contribution in [3.8, 4) is 0 Å². The third kappa shape index (κ3) is 2.10. The van der Waals surface area contributed by atoms with E-state index in [4.69, 9.17) is 5.11 Å². The third-order valence-corrected chi connectivity index (χ3v) is 4.67. The molecule has 1 amide bonds. The van der Waals surface area contributed by atoms with Gasteiger partial charge < -0.3 is 10.4 Å². The third-order valence-electron chi connectivity index (χ3n) is 3.53. The maximum atomic E-state index is 12.2. The molecule has 0 saturated carbocycles. The molecule has 4 nitrogen and oxygen atoms in total. The fourth-order valence-corrected chi connectivity index (χ4v) is 3.37. The second kappa shape index (κ2) is 4.76. The molecule has 3 rings (SSSR count). The van der Waals surface area contributed by atoms with Crippen molar-refractivity contribution in [1.82, 2.24) is 0 Å². The number of nitrogens with one attached hydrogen (secondary N) is 1. The fraction of sp³-hybridized carbons (Fsp3) is 0.200. The monoisotopic (exact) mass is 287 g/mol. The zero-order valence-corrected chi connectivity index (χ0v) is 11.7. The van der Waals surface area contributed by atoms with Crippen LogP contribution in [0.15, 0.2) is 30.3 Å². The largest absolute Gasteiger partial charge is 0.477 e. The molecule has 1 atom stereocenters. The fourth-order valence-electron chi connectivity index (χ4n) is 2.46. The van der Waals surface area contributed by atoms with Gasteiger partial charge in [0.25, 0.3) is 0 Å². The molecular weight excluding hydrogens is 274 g/mol. The van der Waals surface area contributed by atoms with Crippen LogP contribution in [0.2, 0.25) is 0 Å². The summed E-state index contributed by atoms with van der Waals surface area (Å²) < 4.78 is 0. The molecule has 1 aromatic heterocycles. The number of thiophene rings is 1. The van der Waals surface area contributed by atoms with Crippen LogP contribution in [0.3, 0.4) is 0 Å². The average molecular weight is 287 g/mol. The van der Waals surface area contributed by atoms with Gasteiger partial charge in [0.1, 0.15) is 4.88 Å². The molecule has 1 unspecified atom stereocenters.